The summed E-state index contributed by atoms with van der Waals surface area (Å²) in [6, 6.07) is 20.8. The molecule has 0 N–H and O–H groups in total. The van der Waals surface area contributed by atoms with Crippen LogP contribution in [0.15, 0.2) is 73.1 Å². The van der Waals surface area contributed by atoms with Gasteiger partial charge in [-0.05, 0) is 74.2 Å². The van der Waals surface area contributed by atoms with Crippen molar-refractivity contribution in [2.45, 2.75) is 36.5 Å². The smallest absolute Gasteiger partial charge is 0.174 e. The number of benzene rings is 1. The lowest BCUT2D eigenvalue weighted by atomic mass is 9.91. The van der Waals surface area contributed by atoms with Crippen LogP contribution in [0.4, 0.5) is 0 Å². The van der Waals surface area contributed by atoms with Crippen LogP contribution >= 0.6 is 11.6 Å². The van der Waals surface area contributed by atoms with Gasteiger partial charge in [0.25, 0.3) is 0 Å². The zero-order valence-electron chi connectivity index (χ0n) is 15.9. The second-order valence-corrected chi connectivity index (χ2v) is 7.98. The number of hydrogen-bond donors (Lipinski definition) is 0. The van der Waals surface area contributed by atoms with Crippen molar-refractivity contribution in [3.05, 3.63) is 95.0 Å². The number of halogens is 1. The molecule has 0 radical (unpaired) electrons. The molecule has 5 rings (SSSR count). The first-order valence-electron chi connectivity index (χ1n) is 9.64. The lowest BCUT2D eigenvalue weighted by Gasteiger charge is -2.13. The molecule has 2 fully saturated rings. The summed E-state index contributed by atoms with van der Waals surface area (Å²) < 4.78 is 0. The Labute approximate surface area is 175 Å². The van der Waals surface area contributed by atoms with E-state index in [1.807, 2.05) is 36.4 Å². The summed E-state index contributed by atoms with van der Waals surface area (Å²) in [4.78, 5) is 21.0. The molecule has 0 aliphatic heterocycles. The number of ketones is 1. The van der Waals surface area contributed by atoms with Crippen molar-refractivity contribution in [1.29, 1.82) is 5.26 Å². The molecule has 2 aromatic heterocycles. The number of carbonyl (C=O) groups excluding carboxylic acids is 1. The highest BCUT2D eigenvalue weighted by atomic mass is 35.5. The monoisotopic (exact) mass is 401 g/mol. The number of pyridine rings is 2. The van der Waals surface area contributed by atoms with E-state index in [0.29, 0.717) is 10.6 Å². The predicted octanol–water partition coefficient (Wildman–Crippen LogP) is 5.29. The average molecular weight is 402 g/mol. The lowest BCUT2D eigenvalue weighted by Crippen LogP contribution is -2.21. The Hall–Kier alpha value is -3.03. The number of hydrogen-bond acceptors (Lipinski definition) is 4. The summed E-state index contributed by atoms with van der Waals surface area (Å²) >= 11 is 5.84. The summed E-state index contributed by atoms with van der Waals surface area (Å²) in [5.74, 6) is 0.151. The number of nitrogens with zero attached hydrogens (tertiary/aromatic N) is 3. The molecule has 29 heavy (non-hydrogen) atoms. The maximum Gasteiger partial charge on any atom is 0.174 e. The van der Waals surface area contributed by atoms with Gasteiger partial charge in [0.15, 0.2) is 5.78 Å². The fraction of sp³-hybridized carbons (Fsp3) is 0.250. The van der Waals surface area contributed by atoms with Crippen molar-refractivity contribution in [3.63, 3.8) is 0 Å². The minimum absolute atomic E-state index is 0.151. The first-order chi connectivity index (χ1) is 14.1. The van der Waals surface area contributed by atoms with Crippen LogP contribution in [0.1, 0.15) is 47.4 Å². The standard InChI is InChI=1S/C15H12ClNO.C9H8N2/c16-12-6-4-11(5-7-12)14(18)15(8-9-15)13-3-1-2-10-17-13;10-7-9(4-5-9)8-3-1-2-6-11-8/h1-7,10H,8-9H2;1-3,6H,4-5H2. The molecule has 2 heterocycles. The number of carbonyl (C=O) groups is 1. The van der Waals surface area contributed by atoms with E-state index in [1.54, 1.807) is 36.7 Å². The number of nitriles is 1. The maximum atomic E-state index is 12.6. The summed E-state index contributed by atoms with van der Waals surface area (Å²) in [6.45, 7) is 0. The van der Waals surface area contributed by atoms with E-state index >= 15 is 0 Å². The molecule has 3 aromatic rings. The number of rotatable bonds is 4. The maximum absolute atomic E-state index is 12.6. The third kappa shape index (κ3) is 3.92. The van der Waals surface area contributed by atoms with Gasteiger partial charge in [-0.1, -0.05) is 23.7 Å². The van der Waals surface area contributed by atoms with Gasteiger partial charge >= 0.3 is 0 Å². The molecular formula is C24H20ClN3O. The van der Waals surface area contributed by atoms with Crippen molar-refractivity contribution in [1.82, 2.24) is 9.97 Å². The molecule has 0 spiro atoms. The molecule has 2 aliphatic carbocycles. The zero-order chi connectivity index (χ0) is 20.3. The molecule has 4 nitrogen and oxygen atoms in total. The van der Waals surface area contributed by atoms with Crippen molar-refractivity contribution in [2.24, 2.45) is 0 Å². The Morgan fingerprint density at radius 1 is 0.862 bits per heavy atom. The molecule has 0 atom stereocenters. The quantitative estimate of drug-likeness (QED) is 0.557. The Morgan fingerprint density at radius 3 is 1.90 bits per heavy atom. The average Bonchev–Trinajstić information content (AvgIpc) is 3.71. The van der Waals surface area contributed by atoms with E-state index in [-0.39, 0.29) is 11.2 Å². The molecule has 2 aliphatic rings. The SMILES string of the molecule is N#CC1(c2ccccn2)CC1.O=C(c1ccc(Cl)cc1)C1(c2ccccn2)CC1. The Morgan fingerprint density at radius 2 is 1.45 bits per heavy atom. The first-order valence-corrected chi connectivity index (χ1v) is 10.0. The van der Waals surface area contributed by atoms with Gasteiger partial charge < -0.3 is 0 Å². The molecule has 144 valence electrons. The molecule has 2 saturated carbocycles. The number of Topliss-reactive ketones (excluding diaryl/α,β-unsaturated/α-hetero) is 1. The Kier molecular flexibility index (Phi) is 5.17. The lowest BCUT2D eigenvalue weighted by molar-refractivity contribution is 0.0944. The van der Waals surface area contributed by atoms with E-state index in [9.17, 15) is 4.79 Å². The van der Waals surface area contributed by atoms with Gasteiger partial charge in [0.2, 0.25) is 0 Å². The second kappa shape index (κ2) is 7.77. The molecule has 0 amide bonds. The van der Waals surface area contributed by atoms with Crippen LogP contribution in [-0.2, 0) is 10.8 Å². The third-order valence-electron chi connectivity index (χ3n) is 5.57. The van der Waals surface area contributed by atoms with E-state index in [1.165, 1.54) is 0 Å². The summed E-state index contributed by atoms with van der Waals surface area (Å²) in [5, 5.41) is 9.47. The van der Waals surface area contributed by atoms with Crippen LogP contribution < -0.4 is 0 Å². The van der Waals surface area contributed by atoms with Crippen LogP contribution in [0.25, 0.3) is 0 Å². The largest absolute Gasteiger partial charge is 0.293 e. The topological polar surface area (TPSA) is 66.6 Å². The van der Waals surface area contributed by atoms with Crippen LogP contribution in [0.2, 0.25) is 5.02 Å². The molecule has 0 unspecified atom stereocenters. The van der Waals surface area contributed by atoms with Crippen molar-refractivity contribution in [2.75, 3.05) is 0 Å². The van der Waals surface area contributed by atoms with Gasteiger partial charge in [-0.3, -0.25) is 14.8 Å². The summed E-state index contributed by atoms with van der Waals surface area (Å²) in [7, 11) is 0. The molecular weight excluding hydrogens is 382 g/mol. The van der Waals surface area contributed by atoms with Gasteiger partial charge in [-0.25, -0.2) is 0 Å². The molecule has 0 saturated heterocycles. The normalized spacial score (nSPS) is 17.2. The van der Waals surface area contributed by atoms with Gasteiger partial charge in [0, 0.05) is 23.0 Å². The highest BCUT2D eigenvalue weighted by Crippen LogP contribution is 2.49. The van der Waals surface area contributed by atoms with E-state index in [4.69, 9.17) is 16.9 Å². The van der Waals surface area contributed by atoms with Crippen molar-refractivity contribution in [3.8, 4) is 6.07 Å². The van der Waals surface area contributed by atoms with E-state index < -0.39 is 5.41 Å². The van der Waals surface area contributed by atoms with Crippen LogP contribution in [0.5, 0.6) is 0 Å². The second-order valence-electron chi connectivity index (χ2n) is 7.54. The zero-order valence-corrected chi connectivity index (χ0v) is 16.6. The highest BCUT2D eigenvalue weighted by molar-refractivity contribution is 6.30. The van der Waals surface area contributed by atoms with Crippen molar-refractivity contribution < 1.29 is 4.79 Å². The summed E-state index contributed by atoms with van der Waals surface area (Å²) in [6.07, 6.45) is 7.19. The predicted molar refractivity (Wildman–Crippen MR) is 112 cm³/mol. The molecule has 5 heteroatoms. The van der Waals surface area contributed by atoms with Gasteiger partial charge in [0.1, 0.15) is 0 Å². The van der Waals surface area contributed by atoms with Gasteiger partial charge in [-0.15, -0.1) is 0 Å². The first kappa shape index (κ1) is 19.3. The van der Waals surface area contributed by atoms with Crippen LogP contribution in [0.3, 0.4) is 0 Å². The van der Waals surface area contributed by atoms with E-state index in [2.05, 4.69) is 16.0 Å². The fourth-order valence-corrected chi connectivity index (χ4v) is 3.57. The van der Waals surface area contributed by atoms with Crippen LogP contribution in [-0.4, -0.2) is 15.8 Å². The van der Waals surface area contributed by atoms with Crippen LogP contribution in [0, 0.1) is 11.3 Å². The Balaban J connectivity index is 0.000000159. The minimum atomic E-state index is -0.394. The van der Waals surface area contributed by atoms with Gasteiger partial charge in [0.05, 0.1) is 28.3 Å². The third-order valence-corrected chi connectivity index (χ3v) is 5.82. The van der Waals surface area contributed by atoms with Crippen molar-refractivity contribution >= 4 is 17.4 Å². The molecule has 1 aromatic carbocycles. The minimum Gasteiger partial charge on any atom is -0.293 e. The van der Waals surface area contributed by atoms with E-state index in [0.717, 1.165) is 37.1 Å². The molecule has 0 bridgehead atoms. The summed E-state index contributed by atoms with van der Waals surface area (Å²) in [5.41, 5.74) is 1.91. The Bertz CT molecular complexity index is 1030. The number of aromatic nitrogens is 2. The van der Waals surface area contributed by atoms with Gasteiger partial charge in [-0.2, -0.15) is 5.26 Å². The highest BCUT2D eigenvalue weighted by Gasteiger charge is 2.52. The fourth-order valence-electron chi connectivity index (χ4n) is 3.44.